The van der Waals surface area contributed by atoms with Gasteiger partial charge in [0.1, 0.15) is 12.4 Å². The maximum absolute atomic E-state index is 11.0. The van der Waals surface area contributed by atoms with E-state index in [-0.39, 0.29) is 0 Å². The molecule has 1 aliphatic rings. The number of carbonyl (C=O) groups excluding carboxylic acids is 1. The van der Waals surface area contributed by atoms with Gasteiger partial charge in [-0.2, -0.15) is 0 Å². The van der Waals surface area contributed by atoms with E-state index in [4.69, 9.17) is 5.73 Å². The number of carbonyl (C=O) groups is 1. The summed E-state index contributed by atoms with van der Waals surface area (Å²) in [6, 6.07) is 7.47. The van der Waals surface area contributed by atoms with Crippen LogP contribution in [0.25, 0.3) is 0 Å². The third kappa shape index (κ3) is 1.26. The maximum Gasteiger partial charge on any atom is 0.267 e. The van der Waals surface area contributed by atoms with Crippen molar-refractivity contribution in [3.8, 4) is 0 Å². The Morgan fingerprint density at radius 2 is 2.23 bits per heavy atom. The molecule has 0 fully saturated rings. The minimum atomic E-state index is -0.478. The standard InChI is InChI=1S/C9H9N3O/c10-9(13)8-6-3-1-2-4-7(6)11-5-12-8/h1-4,11H,5H2,(H2,10,13). The van der Waals surface area contributed by atoms with Crippen LogP contribution in [0.5, 0.6) is 0 Å². The lowest BCUT2D eigenvalue weighted by Crippen LogP contribution is -2.28. The van der Waals surface area contributed by atoms with Crippen LogP contribution in [-0.2, 0) is 4.79 Å². The number of benzene rings is 1. The number of nitrogens with two attached hydrogens (primary N) is 1. The summed E-state index contributed by atoms with van der Waals surface area (Å²) in [5, 5.41) is 3.05. The predicted molar refractivity (Wildman–Crippen MR) is 50.7 cm³/mol. The minimum Gasteiger partial charge on any atom is -0.366 e. The molecule has 4 nitrogen and oxygen atoms in total. The first-order valence-electron chi connectivity index (χ1n) is 3.96. The van der Waals surface area contributed by atoms with Crippen LogP contribution in [0.1, 0.15) is 5.56 Å². The fourth-order valence-electron chi connectivity index (χ4n) is 1.34. The third-order valence-corrected chi connectivity index (χ3v) is 1.92. The molecule has 1 amide bonds. The van der Waals surface area contributed by atoms with E-state index in [0.29, 0.717) is 12.4 Å². The van der Waals surface area contributed by atoms with Crippen LogP contribution >= 0.6 is 0 Å². The molecule has 0 bridgehead atoms. The zero-order valence-corrected chi connectivity index (χ0v) is 6.95. The van der Waals surface area contributed by atoms with Crippen LogP contribution in [-0.4, -0.2) is 18.3 Å². The lowest BCUT2D eigenvalue weighted by molar-refractivity contribution is -0.111. The summed E-state index contributed by atoms with van der Waals surface area (Å²) in [7, 11) is 0. The van der Waals surface area contributed by atoms with Gasteiger partial charge in [-0.15, -0.1) is 0 Å². The number of para-hydroxylation sites is 1. The van der Waals surface area contributed by atoms with E-state index in [1.165, 1.54) is 0 Å². The van der Waals surface area contributed by atoms with Gasteiger partial charge in [-0.3, -0.25) is 9.79 Å². The number of aliphatic imine (C=N–C) groups is 1. The SMILES string of the molecule is NC(=O)C1=NCNc2ccccc21. The Labute approximate surface area is 75.5 Å². The second-order valence-corrected chi connectivity index (χ2v) is 2.75. The molecule has 3 N–H and O–H groups in total. The molecule has 0 saturated heterocycles. The first kappa shape index (κ1) is 7.79. The summed E-state index contributed by atoms with van der Waals surface area (Å²) in [4.78, 5) is 15.0. The molecule has 0 saturated carbocycles. The van der Waals surface area contributed by atoms with Crippen LogP contribution in [0.15, 0.2) is 29.3 Å². The molecule has 1 aromatic rings. The molecule has 0 spiro atoms. The van der Waals surface area contributed by atoms with Gasteiger partial charge in [0.25, 0.3) is 5.91 Å². The molecule has 1 aliphatic heterocycles. The topological polar surface area (TPSA) is 67.5 Å². The maximum atomic E-state index is 11.0. The molecule has 1 aromatic carbocycles. The van der Waals surface area contributed by atoms with Crippen molar-refractivity contribution >= 4 is 17.3 Å². The van der Waals surface area contributed by atoms with Crippen LogP contribution in [0.2, 0.25) is 0 Å². The van der Waals surface area contributed by atoms with Crippen molar-refractivity contribution in [1.29, 1.82) is 0 Å². The van der Waals surface area contributed by atoms with Crippen molar-refractivity contribution in [2.75, 3.05) is 12.0 Å². The van der Waals surface area contributed by atoms with Gasteiger partial charge in [-0.05, 0) is 6.07 Å². The number of hydrogen-bond acceptors (Lipinski definition) is 3. The highest BCUT2D eigenvalue weighted by Crippen LogP contribution is 2.18. The van der Waals surface area contributed by atoms with Gasteiger partial charge in [0.15, 0.2) is 0 Å². The molecular weight excluding hydrogens is 166 g/mol. The predicted octanol–water partition coefficient (Wildman–Crippen LogP) is 0.344. The van der Waals surface area contributed by atoms with E-state index in [2.05, 4.69) is 10.3 Å². The second kappa shape index (κ2) is 2.90. The Hall–Kier alpha value is -1.84. The van der Waals surface area contributed by atoms with Crippen molar-refractivity contribution in [3.05, 3.63) is 29.8 Å². The Balaban J connectivity index is 2.53. The molecule has 2 rings (SSSR count). The number of nitrogens with one attached hydrogen (secondary N) is 1. The molecule has 0 radical (unpaired) electrons. The van der Waals surface area contributed by atoms with Crippen molar-refractivity contribution in [1.82, 2.24) is 0 Å². The van der Waals surface area contributed by atoms with E-state index in [9.17, 15) is 4.79 Å². The van der Waals surface area contributed by atoms with Crippen molar-refractivity contribution in [3.63, 3.8) is 0 Å². The summed E-state index contributed by atoms with van der Waals surface area (Å²) < 4.78 is 0. The fraction of sp³-hybridized carbons (Fsp3) is 0.111. The number of anilines is 1. The first-order valence-corrected chi connectivity index (χ1v) is 3.96. The van der Waals surface area contributed by atoms with Gasteiger partial charge in [0.2, 0.25) is 0 Å². The highest BCUT2D eigenvalue weighted by atomic mass is 16.1. The van der Waals surface area contributed by atoms with Gasteiger partial charge in [-0.25, -0.2) is 0 Å². The molecule has 0 unspecified atom stereocenters. The average molecular weight is 175 g/mol. The Morgan fingerprint density at radius 1 is 1.46 bits per heavy atom. The highest BCUT2D eigenvalue weighted by Gasteiger charge is 2.16. The summed E-state index contributed by atoms with van der Waals surface area (Å²) in [6.07, 6.45) is 0. The highest BCUT2D eigenvalue weighted by molar-refractivity contribution is 6.46. The lowest BCUT2D eigenvalue weighted by atomic mass is 10.1. The summed E-state index contributed by atoms with van der Waals surface area (Å²) >= 11 is 0. The molecule has 0 aromatic heterocycles. The lowest BCUT2D eigenvalue weighted by Gasteiger charge is -2.15. The second-order valence-electron chi connectivity index (χ2n) is 2.75. The van der Waals surface area contributed by atoms with E-state index < -0.39 is 5.91 Å². The van der Waals surface area contributed by atoms with Crippen molar-refractivity contribution in [2.45, 2.75) is 0 Å². The Bertz CT molecular complexity index is 384. The summed E-state index contributed by atoms with van der Waals surface area (Å²) in [6.45, 7) is 0.412. The minimum absolute atomic E-state index is 0.356. The molecule has 66 valence electrons. The monoisotopic (exact) mass is 175 g/mol. The molecular formula is C9H9N3O. The molecule has 1 heterocycles. The largest absolute Gasteiger partial charge is 0.366 e. The van der Waals surface area contributed by atoms with E-state index >= 15 is 0 Å². The van der Waals surface area contributed by atoms with Gasteiger partial charge >= 0.3 is 0 Å². The van der Waals surface area contributed by atoms with Gasteiger partial charge in [0, 0.05) is 11.3 Å². The van der Waals surface area contributed by atoms with Gasteiger partial charge in [-0.1, -0.05) is 18.2 Å². The number of rotatable bonds is 1. The fourth-order valence-corrected chi connectivity index (χ4v) is 1.34. The smallest absolute Gasteiger partial charge is 0.267 e. The van der Waals surface area contributed by atoms with Crippen LogP contribution < -0.4 is 11.1 Å². The van der Waals surface area contributed by atoms with Gasteiger partial charge in [0.05, 0.1) is 0 Å². The zero-order chi connectivity index (χ0) is 9.26. The number of amides is 1. The van der Waals surface area contributed by atoms with E-state index in [0.717, 1.165) is 11.3 Å². The van der Waals surface area contributed by atoms with Crippen LogP contribution in [0, 0.1) is 0 Å². The van der Waals surface area contributed by atoms with Crippen molar-refractivity contribution < 1.29 is 4.79 Å². The van der Waals surface area contributed by atoms with E-state index in [1.54, 1.807) is 0 Å². The van der Waals surface area contributed by atoms with E-state index in [1.807, 2.05) is 24.3 Å². The first-order chi connectivity index (χ1) is 6.29. The number of primary amides is 1. The quantitative estimate of drug-likeness (QED) is 0.646. The summed E-state index contributed by atoms with van der Waals surface area (Å²) in [5.41, 5.74) is 7.23. The molecule has 0 atom stereocenters. The van der Waals surface area contributed by atoms with Crippen LogP contribution in [0.4, 0.5) is 5.69 Å². The molecule has 4 heteroatoms. The normalized spacial score (nSPS) is 14.0. The van der Waals surface area contributed by atoms with Crippen molar-refractivity contribution in [2.24, 2.45) is 10.7 Å². The third-order valence-electron chi connectivity index (χ3n) is 1.92. The summed E-state index contributed by atoms with van der Waals surface area (Å²) in [5.74, 6) is -0.478. The number of fused-ring (bicyclic) bond motifs is 1. The molecule has 13 heavy (non-hydrogen) atoms. The van der Waals surface area contributed by atoms with Gasteiger partial charge < -0.3 is 11.1 Å². The zero-order valence-electron chi connectivity index (χ0n) is 6.95. The van der Waals surface area contributed by atoms with Crippen LogP contribution in [0.3, 0.4) is 0 Å². The average Bonchev–Trinajstić information content (AvgIpc) is 2.17. The molecule has 0 aliphatic carbocycles. The number of hydrogen-bond donors (Lipinski definition) is 2. The Morgan fingerprint density at radius 3 is 3.00 bits per heavy atom. The Kier molecular flexibility index (Phi) is 1.73. The number of nitrogens with zero attached hydrogens (tertiary/aromatic N) is 1.